The highest BCUT2D eigenvalue weighted by Gasteiger charge is 2.25. The van der Waals surface area contributed by atoms with Gasteiger partial charge in [0.25, 0.3) is 0 Å². The molecule has 0 bridgehead atoms. The topological polar surface area (TPSA) is 28.2 Å². The molecule has 0 aromatic carbocycles. The maximum atomic E-state index is 4.80. The van der Waals surface area contributed by atoms with E-state index in [-0.39, 0.29) is 5.41 Å². The van der Waals surface area contributed by atoms with Crippen molar-refractivity contribution in [3.8, 4) is 0 Å². The van der Waals surface area contributed by atoms with Crippen molar-refractivity contribution in [2.24, 2.45) is 0 Å². The van der Waals surface area contributed by atoms with Crippen molar-refractivity contribution >= 4 is 11.3 Å². The van der Waals surface area contributed by atoms with Crippen LogP contribution in [-0.2, 0) is 12.0 Å². The predicted octanol–water partition coefficient (Wildman–Crippen LogP) is 2.62. The van der Waals surface area contributed by atoms with Gasteiger partial charge in [-0.2, -0.15) is 0 Å². The number of likely N-dealkylation sites (tertiary alicyclic amines) is 1. The molecule has 0 spiro atoms. The second kappa shape index (κ2) is 5.68. The van der Waals surface area contributed by atoms with Crippen LogP contribution in [0, 0.1) is 0 Å². The Kier molecular flexibility index (Phi) is 4.41. The molecule has 1 unspecified atom stereocenters. The molecule has 0 saturated carbocycles. The summed E-state index contributed by atoms with van der Waals surface area (Å²) in [6.45, 7) is 10.0. The monoisotopic (exact) mass is 267 g/mol. The summed E-state index contributed by atoms with van der Waals surface area (Å²) in [6, 6.07) is 0.690. The number of aromatic nitrogens is 1. The average molecular weight is 267 g/mol. The third kappa shape index (κ3) is 3.31. The first-order valence-electron chi connectivity index (χ1n) is 6.84. The smallest absolute Gasteiger partial charge is 0.0982 e. The van der Waals surface area contributed by atoms with E-state index in [1.54, 1.807) is 11.3 Å². The van der Waals surface area contributed by atoms with Gasteiger partial charge in [0, 0.05) is 29.9 Å². The molecular formula is C14H25N3S. The van der Waals surface area contributed by atoms with Crippen LogP contribution in [0.5, 0.6) is 0 Å². The minimum atomic E-state index is 0.179. The molecule has 0 radical (unpaired) electrons. The van der Waals surface area contributed by atoms with E-state index in [9.17, 15) is 0 Å². The van der Waals surface area contributed by atoms with Gasteiger partial charge in [0.05, 0.1) is 10.7 Å². The second-order valence-electron chi connectivity index (χ2n) is 6.22. The van der Waals surface area contributed by atoms with Crippen LogP contribution in [0.15, 0.2) is 5.38 Å². The van der Waals surface area contributed by atoms with Gasteiger partial charge in [-0.3, -0.25) is 4.90 Å². The maximum absolute atomic E-state index is 4.80. The lowest BCUT2D eigenvalue weighted by molar-refractivity contribution is 0.240. The van der Waals surface area contributed by atoms with Crippen molar-refractivity contribution in [3.05, 3.63) is 16.1 Å². The van der Waals surface area contributed by atoms with Gasteiger partial charge in [-0.1, -0.05) is 20.8 Å². The van der Waals surface area contributed by atoms with Crippen LogP contribution in [0.4, 0.5) is 0 Å². The highest BCUT2D eigenvalue weighted by Crippen LogP contribution is 2.27. The summed E-state index contributed by atoms with van der Waals surface area (Å²) in [7, 11) is 2.04. The quantitative estimate of drug-likeness (QED) is 0.909. The van der Waals surface area contributed by atoms with Crippen LogP contribution in [0.2, 0.25) is 0 Å². The van der Waals surface area contributed by atoms with E-state index in [2.05, 4.69) is 36.4 Å². The van der Waals surface area contributed by atoms with E-state index in [1.807, 2.05) is 7.05 Å². The largest absolute Gasteiger partial charge is 0.318 e. The van der Waals surface area contributed by atoms with E-state index in [0.717, 1.165) is 13.1 Å². The lowest BCUT2D eigenvalue weighted by atomic mass is 9.98. The van der Waals surface area contributed by atoms with E-state index in [1.165, 1.54) is 30.1 Å². The van der Waals surface area contributed by atoms with Crippen molar-refractivity contribution in [1.82, 2.24) is 15.2 Å². The number of hydrogen-bond donors (Lipinski definition) is 1. The van der Waals surface area contributed by atoms with Gasteiger partial charge in [0.2, 0.25) is 0 Å². The zero-order valence-corrected chi connectivity index (χ0v) is 12.8. The lowest BCUT2D eigenvalue weighted by Gasteiger charge is -2.23. The van der Waals surface area contributed by atoms with Crippen LogP contribution >= 0.6 is 11.3 Å². The summed E-state index contributed by atoms with van der Waals surface area (Å²) in [5.74, 6) is 0. The SMILES string of the molecule is CNCC1CCCN1Cc1csc(C(C)(C)C)n1. The molecular weight excluding hydrogens is 242 g/mol. The molecule has 102 valence electrons. The van der Waals surface area contributed by atoms with Crippen LogP contribution in [-0.4, -0.2) is 36.1 Å². The summed E-state index contributed by atoms with van der Waals surface area (Å²) in [5.41, 5.74) is 1.42. The normalized spacial score (nSPS) is 21.7. The number of nitrogens with zero attached hydrogens (tertiary/aromatic N) is 2. The van der Waals surface area contributed by atoms with Crippen molar-refractivity contribution < 1.29 is 0 Å². The van der Waals surface area contributed by atoms with Crippen LogP contribution in [0.3, 0.4) is 0 Å². The molecule has 2 heterocycles. The maximum Gasteiger partial charge on any atom is 0.0982 e. The fourth-order valence-electron chi connectivity index (χ4n) is 2.50. The van der Waals surface area contributed by atoms with Gasteiger partial charge in [-0.15, -0.1) is 11.3 Å². The number of thiazole rings is 1. The predicted molar refractivity (Wildman–Crippen MR) is 78.2 cm³/mol. The molecule has 0 aliphatic carbocycles. The Morgan fingerprint density at radius 3 is 2.89 bits per heavy atom. The first kappa shape index (κ1) is 14.0. The Hall–Kier alpha value is -0.450. The van der Waals surface area contributed by atoms with Crippen LogP contribution in [0.25, 0.3) is 0 Å². The van der Waals surface area contributed by atoms with Crippen LogP contribution in [0.1, 0.15) is 44.3 Å². The standard InChI is InChI=1S/C14H25N3S/c1-14(2,3)13-16-11(10-18-13)9-17-7-5-6-12(17)8-15-4/h10,12,15H,5-9H2,1-4H3. The van der Waals surface area contributed by atoms with Crippen molar-refractivity contribution in [2.75, 3.05) is 20.1 Å². The number of nitrogens with one attached hydrogen (secondary N) is 1. The Labute approximate surface area is 115 Å². The van der Waals surface area contributed by atoms with Gasteiger partial charge >= 0.3 is 0 Å². The molecule has 0 amide bonds. The minimum Gasteiger partial charge on any atom is -0.318 e. The van der Waals surface area contributed by atoms with Gasteiger partial charge < -0.3 is 5.32 Å². The van der Waals surface area contributed by atoms with Crippen molar-refractivity contribution in [3.63, 3.8) is 0 Å². The fourth-order valence-corrected chi connectivity index (χ4v) is 3.40. The minimum absolute atomic E-state index is 0.179. The Morgan fingerprint density at radius 1 is 1.50 bits per heavy atom. The zero-order chi connectivity index (χ0) is 13.2. The first-order valence-corrected chi connectivity index (χ1v) is 7.72. The second-order valence-corrected chi connectivity index (χ2v) is 7.08. The Balaban J connectivity index is 1.99. The highest BCUT2D eigenvalue weighted by atomic mass is 32.1. The number of hydrogen-bond acceptors (Lipinski definition) is 4. The highest BCUT2D eigenvalue weighted by molar-refractivity contribution is 7.09. The summed E-state index contributed by atoms with van der Waals surface area (Å²) in [6.07, 6.45) is 2.64. The molecule has 1 saturated heterocycles. The lowest BCUT2D eigenvalue weighted by Crippen LogP contribution is -2.36. The molecule has 18 heavy (non-hydrogen) atoms. The Bertz CT molecular complexity index is 381. The summed E-state index contributed by atoms with van der Waals surface area (Å²) < 4.78 is 0. The van der Waals surface area contributed by atoms with Crippen LogP contribution < -0.4 is 5.32 Å². The molecule has 1 N–H and O–H groups in total. The summed E-state index contributed by atoms with van der Waals surface area (Å²) >= 11 is 1.80. The molecule has 2 rings (SSSR count). The van der Waals surface area contributed by atoms with Gasteiger partial charge in [-0.25, -0.2) is 4.98 Å². The first-order chi connectivity index (χ1) is 8.50. The van der Waals surface area contributed by atoms with Crippen molar-refractivity contribution in [1.29, 1.82) is 0 Å². The Morgan fingerprint density at radius 2 is 2.28 bits per heavy atom. The third-order valence-electron chi connectivity index (χ3n) is 3.50. The molecule has 1 aromatic heterocycles. The van der Waals surface area contributed by atoms with Crippen molar-refractivity contribution in [2.45, 2.75) is 51.6 Å². The van der Waals surface area contributed by atoms with Gasteiger partial charge in [0.15, 0.2) is 0 Å². The molecule has 4 heteroatoms. The molecule has 1 aromatic rings. The molecule has 1 atom stereocenters. The van der Waals surface area contributed by atoms with E-state index < -0.39 is 0 Å². The fraction of sp³-hybridized carbons (Fsp3) is 0.786. The van der Waals surface area contributed by atoms with Gasteiger partial charge in [0.1, 0.15) is 0 Å². The summed E-state index contributed by atoms with van der Waals surface area (Å²) in [5, 5.41) is 6.78. The van der Waals surface area contributed by atoms with E-state index >= 15 is 0 Å². The van der Waals surface area contributed by atoms with Gasteiger partial charge in [-0.05, 0) is 26.4 Å². The average Bonchev–Trinajstić information content (AvgIpc) is 2.89. The molecule has 1 aliphatic heterocycles. The summed E-state index contributed by atoms with van der Waals surface area (Å²) in [4.78, 5) is 7.36. The van der Waals surface area contributed by atoms with E-state index in [0.29, 0.717) is 6.04 Å². The number of likely N-dealkylation sites (N-methyl/N-ethyl adjacent to an activating group) is 1. The number of rotatable bonds is 4. The zero-order valence-electron chi connectivity index (χ0n) is 12.0. The molecule has 1 aliphatic rings. The van der Waals surface area contributed by atoms with E-state index in [4.69, 9.17) is 4.98 Å². The third-order valence-corrected chi connectivity index (χ3v) is 4.81. The molecule has 1 fully saturated rings. The molecule has 3 nitrogen and oxygen atoms in total.